The molecule has 1 saturated heterocycles. The van der Waals surface area contributed by atoms with Crippen molar-refractivity contribution in [3.63, 3.8) is 0 Å². The van der Waals surface area contributed by atoms with Crippen molar-refractivity contribution in [2.24, 2.45) is 5.92 Å². The minimum Gasteiger partial charge on any atom is -0.497 e. The Morgan fingerprint density at radius 2 is 2.27 bits per heavy atom. The molecule has 0 spiro atoms. The number of amides is 2. The van der Waals surface area contributed by atoms with Gasteiger partial charge in [-0.1, -0.05) is 19.9 Å². The Hall–Kier alpha value is -2.15. The smallest absolute Gasteiger partial charge is 0.321 e. The van der Waals surface area contributed by atoms with Gasteiger partial charge in [0.25, 0.3) is 0 Å². The van der Waals surface area contributed by atoms with Crippen molar-refractivity contribution in [2.75, 3.05) is 25.5 Å². The lowest BCUT2D eigenvalue weighted by Gasteiger charge is -2.31. The monoisotopic (exact) mass is 374 g/mol. The first-order valence-corrected chi connectivity index (χ1v) is 9.89. The molecule has 1 aromatic carbocycles. The molecule has 7 heteroatoms. The zero-order valence-corrected chi connectivity index (χ0v) is 16.4. The van der Waals surface area contributed by atoms with Gasteiger partial charge in [-0.05, 0) is 30.9 Å². The highest BCUT2D eigenvalue weighted by molar-refractivity contribution is 7.11. The molecular formula is C19H26N4O2S. The topological polar surface area (TPSA) is 67.3 Å². The summed E-state index contributed by atoms with van der Waals surface area (Å²) in [7, 11) is 1.62. The first-order chi connectivity index (χ1) is 12.5. The van der Waals surface area contributed by atoms with Crippen LogP contribution in [0.15, 0.2) is 24.3 Å². The van der Waals surface area contributed by atoms with E-state index in [1.807, 2.05) is 29.2 Å². The van der Waals surface area contributed by atoms with Gasteiger partial charge < -0.3 is 15.0 Å². The number of piperidine rings is 1. The molecule has 0 saturated carbocycles. The average molecular weight is 375 g/mol. The maximum absolute atomic E-state index is 12.6. The molecular weight excluding hydrogens is 348 g/mol. The van der Waals surface area contributed by atoms with Crippen molar-refractivity contribution in [3.05, 3.63) is 34.3 Å². The Labute approximate surface area is 158 Å². The van der Waals surface area contributed by atoms with Crippen LogP contribution >= 0.6 is 11.3 Å². The number of hydrogen-bond donors (Lipinski definition) is 1. The third-order valence-corrected chi connectivity index (χ3v) is 5.55. The zero-order valence-electron chi connectivity index (χ0n) is 15.6. The van der Waals surface area contributed by atoms with Crippen LogP contribution in [0.2, 0.25) is 0 Å². The molecule has 2 aromatic rings. The molecule has 0 bridgehead atoms. The SMILES string of the molecule is COc1cccc(NC(=O)N2CCCC(c3nnc(CC(C)C)s3)C2)c1. The minimum atomic E-state index is -0.0742. The predicted molar refractivity (Wildman–Crippen MR) is 104 cm³/mol. The highest BCUT2D eigenvalue weighted by Gasteiger charge is 2.27. The number of nitrogens with one attached hydrogen (secondary N) is 1. The van der Waals surface area contributed by atoms with Crippen LogP contribution in [-0.4, -0.2) is 41.3 Å². The lowest BCUT2D eigenvalue weighted by atomic mass is 9.99. The van der Waals surface area contributed by atoms with Crippen LogP contribution in [0.4, 0.5) is 10.5 Å². The number of likely N-dealkylation sites (tertiary alicyclic amines) is 1. The van der Waals surface area contributed by atoms with Crippen molar-refractivity contribution in [1.29, 1.82) is 0 Å². The van der Waals surface area contributed by atoms with E-state index in [0.717, 1.165) is 47.3 Å². The largest absolute Gasteiger partial charge is 0.497 e. The lowest BCUT2D eigenvalue weighted by molar-refractivity contribution is 0.192. The van der Waals surface area contributed by atoms with E-state index in [2.05, 4.69) is 29.4 Å². The van der Waals surface area contributed by atoms with E-state index < -0.39 is 0 Å². The van der Waals surface area contributed by atoms with E-state index in [9.17, 15) is 4.79 Å². The van der Waals surface area contributed by atoms with Crippen LogP contribution in [0.1, 0.15) is 42.6 Å². The number of carbonyl (C=O) groups is 1. The first kappa shape index (κ1) is 18.6. The van der Waals surface area contributed by atoms with Gasteiger partial charge in [-0.15, -0.1) is 21.5 Å². The number of benzene rings is 1. The van der Waals surface area contributed by atoms with Gasteiger partial charge in [-0.3, -0.25) is 0 Å². The minimum absolute atomic E-state index is 0.0742. The van der Waals surface area contributed by atoms with Crippen LogP contribution in [0, 0.1) is 5.92 Å². The molecule has 0 aliphatic carbocycles. The summed E-state index contributed by atoms with van der Waals surface area (Å²) in [6, 6.07) is 7.34. The van der Waals surface area contributed by atoms with E-state index in [0.29, 0.717) is 12.5 Å². The van der Waals surface area contributed by atoms with Crippen molar-refractivity contribution < 1.29 is 9.53 Å². The third kappa shape index (κ3) is 4.72. The van der Waals surface area contributed by atoms with E-state index in [4.69, 9.17) is 4.74 Å². The second kappa shape index (κ2) is 8.49. The van der Waals surface area contributed by atoms with Gasteiger partial charge in [0.2, 0.25) is 0 Å². The fraction of sp³-hybridized carbons (Fsp3) is 0.526. The molecule has 1 fully saturated rings. The molecule has 6 nitrogen and oxygen atoms in total. The van der Waals surface area contributed by atoms with Crippen molar-refractivity contribution >= 4 is 23.1 Å². The number of hydrogen-bond acceptors (Lipinski definition) is 5. The molecule has 2 heterocycles. The molecule has 0 radical (unpaired) electrons. The van der Waals surface area contributed by atoms with E-state index >= 15 is 0 Å². The molecule has 140 valence electrons. The summed E-state index contributed by atoms with van der Waals surface area (Å²) in [6.07, 6.45) is 3.00. The van der Waals surface area contributed by atoms with Gasteiger partial charge in [0.15, 0.2) is 0 Å². The van der Waals surface area contributed by atoms with E-state index in [-0.39, 0.29) is 11.9 Å². The van der Waals surface area contributed by atoms with Crippen molar-refractivity contribution in [1.82, 2.24) is 15.1 Å². The van der Waals surface area contributed by atoms with Crippen LogP contribution in [-0.2, 0) is 6.42 Å². The van der Waals surface area contributed by atoms with Crippen LogP contribution in [0.25, 0.3) is 0 Å². The summed E-state index contributed by atoms with van der Waals surface area (Å²) in [5, 5.41) is 13.8. The number of urea groups is 1. The van der Waals surface area contributed by atoms with Crippen LogP contribution < -0.4 is 10.1 Å². The molecule has 1 atom stereocenters. The summed E-state index contributed by atoms with van der Waals surface area (Å²) in [6.45, 7) is 5.83. The Morgan fingerprint density at radius 1 is 1.42 bits per heavy atom. The molecule has 1 aliphatic heterocycles. The number of methoxy groups -OCH3 is 1. The number of ether oxygens (including phenoxy) is 1. The Kier molecular flexibility index (Phi) is 6.08. The summed E-state index contributed by atoms with van der Waals surface area (Å²) >= 11 is 1.69. The van der Waals surface area contributed by atoms with Gasteiger partial charge in [-0.25, -0.2) is 4.79 Å². The van der Waals surface area contributed by atoms with Gasteiger partial charge in [0, 0.05) is 37.2 Å². The fourth-order valence-corrected chi connectivity index (χ4v) is 4.31. The van der Waals surface area contributed by atoms with Gasteiger partial charge in [-0.2, -0.15) is 0 Å². The van der Waals surface area contributed by atoms with Gasteiger partial charge in [0.05, 0.1) is 7.11 Å². The Morgan fingerprint density at radius 3 is 3.04 bits per heavy atom. The molecule has 3 rings (SSSR count). The van der Waals surface area contributed by atoms with Gasteiger partial charge >= 0.3 is 6.03 Å². The normalized spacial score (nSPS) is 17.4. The summed E-state index contributed by atoms with van der Waals surface area (Å²) in [4.78, 5) is 14.5. The van der Waals surface area contributed by atoms with Crippen LogP contribution in [0.3, 0.4) is 0 Å². The van der Waals surface area contributed by atoms with Crippen molar-refractivity contribution in [2.45, 2.75) is 39.0 Å². The summed E-state index contributed by atoms with van der Waals surface area (Å²) < 4.78 is 5.21. The van der Waals surface area contributed by atoms with Crippen LogP contribution in [0.5, 0.6) is 5.75 Å². The Bertz CT molecular complexity index is 747. The number of aromatic nitrogens is 2. The van der Waals surface area contributed by atoms with Crippen molar-refractivity contribution in [3.8, 4) is 5.75 Å². The molecule has 1 unspecified atom stereocenters. The van der Waals surface area contributed by atoms with E-state index in [1.54, 1.807) is 18.4 Å². The number of rotatable bonds is 5. The highest BCUT2D eigenvalue weighted by atomic mass is 32.1. The average Bonchev–Trinajstić information content (AvgIpc) is 3.09. The lowest BCUT2D eigenvalue weighted by Crippen LogP contribution is -2.41. The number of anilines is 1. The highest BCUT2D eigenvalue weighted by Crippen LogP contribution is 2.30. The standard InChI is InChI=1S/C19H26N4O2S/c1-13(2)10-17-21-22-18(26-17)14-6-5-9-23(12-14)19(24)20-15-7-4-8-16(11-15)25-3/h4,7-8,11,13-14H,5-6,9-10,12H2,1-3H3,(H,20,24). The Balaban J connectivity index is 1.62. The number of nitrogens with zero attached hydrogens (tertiary/aromatic N) is 3. The van der Waals surface area contributed by atoms with E-state index in [1.165, 1.54) is 0 Å². The second-order valence-corrected chi connectivity index (χ2v) is 8.17. The maximum Gasteiger partial charge on any atom is 0.321 e. The summed E-state index contributed by atoms with van der Waals surface area (Å²) in [5.74, 6) is 1.58. The third-order valence-electron chi connectivity index (χ3n) is 4.44. The molecule has 1 N–H and O–H groups in total. The molecule has 1 aromatic heterocycles. The first-order valence-electron chi connectivity index (χ1n) is 9.07. The maximum atomic E-state index is 12.6. The zero-order chi connectivity index (χ0) is 18.5. The molecule has 26 heavy (non-hydrogen) atoms. The molecule has 1 aliphatic rings. The number of carbonyl (C=O) groups excluding carboxylic acids is 1. The molecule has 2 amide bonds. The second-order valence-electron chi connectivity index (χ2n) is 7.08. The summed E-state index contributed by atoms with van der Waals surface area (Å²) in [5.41, 5.74) is 0.742. The predicted octanol–water partition coefficient (Wildman–Crippen LogP) is 4.16. The van der Waals surface area contributed by atoms with Gasteiger partial charge in [0.1, 0.15) is 15.8 Å². The fourth-order valence-electron chi connectivity index (χ4n) is 3.13. The quantitative estimate of drug-likeness (QED) is 0.853.